The third-order valence-electron chi connectivity index (χ3n) is 2.84. The lowest BCUT2D eigenvalue weighted by Gasteiger charge is -2.16. The topological polar surface area (TPSA) is 48.3 Å². The van der Waals surface area contributed by atoms with Crippen LogP contribution in [0.4, 0.5) is 4.79 Å². The molecule has 0 aliphatic heterocycles. The van der Waals surface area contributed by atoms with E-state index in [0.29, 0.717) is 0 Å². The van der Waals surface area contributed by atoms with Crippen LogP contribution in [0.5, 0.6) is 0 Å². The molecule has 1 aromatic rings. The summed E-state index contributed by atoms with van der Waals surface area (Å²) in [4.78, 5) is 22.1. The molecule has 92 valence electrons. The number of rotatable bonds is 4. The first-order valence-electron chi connectivity index (χ1n) is 5.55. The number of allylic oxidation sites excluding steroid dienone is 2. The standard InChI is InChI=1S/C13H17NO3/c1-4-11(7-9-15)10(2)12-6-5-8-14(12)13(16)17-3/h5-10H,4H2,1-3H3/b11-7-. The minimum Gasteiger partial charge on any atom is -0.452 e. The smallest absolute Gasteiger partial charge is 0.417 e. The highest BCUT2D eigenvalue weighted by atomic mass is 16.5. The van der Waals surface area contributed by atoms with Gasteiger partial charge in [-0.25, -0.2) is 4.79 Å². The third kappa shape index (κ3) is 2.84. The van der Waals surface area contributed by atoms with Crippen molar-refractivity contribution < 1.29 is 14.3 Å². The summed E-state index contributed by atoms with van der Waals surface area (Å²) >= 11 is 0. The van der Waals surface area contributed by atoms with E-state index in [1.807, 2.05) is 19.9 Å². The minimum absolute atomic E-state index is 0.0132. The van der Waals surface area contributed by atoms with Crippen molar-refractivity contribution >= 4 is 12.4 Å². The van der Waals surface area contributed by atoms with Crippen molar-refractivity contribution in [3.63, 3.8) is 0 Å². The second-order valence-corrected chi connectivity index (χ2v) is 3.73. The van der Waals surface area contributed by atoms with Gasteiger partial charge in [-0.1, -0.05) is 19.4 Å². The summed E-state index contributed by atoms with van der Waals surface area (Å²) in [6, 6.07) is 3.65. The second kappa shape index (κ2) is 6.03. The Morgan fingerprint density at radius 3 is 2.82 bits per heavy atom. The maximum Gasteiger partial charge on any atom is 0.417 e. The van der Waals surface area contributed by atoms with Crippen molar-refractivity contribution in [2.45, 2.75) is 26.2 Å². The molecule has 0 N–H and O–H groups in total. The van der Waals surface area contributed by atoms with Crippen molar-refractivity contribution in [2.24, 2.45) is 0 Å². The maximum absolute atomic E-state index is 11.5. The Hall–Kier alpha value is -1.84. The van der Waals surface area contributed by atoms with E-state index in [-0.39, 0.29) is 5.92 Å². The van der Waals surface area contributed by atoms with Gasteiger partial charge in [-0.05, 0) is 24.6 Å². The lowest BCUT2D eigenvalue weighted by Crippen LogP contribution is -2.15. The molecule has 0 bridgehead atoms. The molecule has 0 radical (unpaired) electrons. The quantitative estimate of drug-likeness (QED) is 0.595. The Balaban J connectivity index is 3.07. The second-order valence-electron chi connectivity index (χ2n) is 3.73. The zero-order chi connectivity index (χ0) is 12.8. The number of carbonyl (C=O) groups excluding carboxylic acids is 2. The first-order chi connectivity index (χ1) is 8.15. The lowest BCUT2D eigenvalue weighted by atomic mass is 9.95. The normalized spacial score (nSPS) is 13.2. The van der Waals surface area contributed by atoms with Crippen LogP contribution in [-0.2, 0) is 9.53 Å². The molecule has 0 fully saturated rings. The largest absolute Gasteiger partial charge is 0.452 e. The fraction of sp³-hybridized carbons (Fsp3) is 0.385. The highest BCUT2D eigenvalue weighted by Crippen LogP contribution is 2.26. The number of ether oxygens (including phenoxy) is 1. The number of aldehydes is 1. The van der Waals surface area contributed by atoms with Gasteiger partial charge in [0.05, 0.1) is 7.11 Å². The molecule has 1 aromatic heterocycles. The SMILES string of the molecule is CC/C(=C/C=O)C(C)c1cccn1C(=O)OC. The van der Waals surface area contributed by atoms with E-state index in [9.17, 15) is 9.59 Å². The van der Waals surface area contributed by atoms with Crippen molar-refractivity contribution in [1.82, 2.24) is 4.57 Å². The molecular weight excluding hydrogens is 218 g/mol. The van der Waals surface area contributed by atoms with E-state index in [1.165, 1.54) is 11.7 Å². The number of carbonyl (C=O) groups is 2. The van der Waals surface area contributed by atoms with Gasteiger partial charge >= 0.3 is 6.09 Å². The van der Waals surface area contributed by atoms with E-state index in [1.54, 1.807) is 18.3 Å². The van der Waals surface area contributed by atoms with Crippen LogP contribution in [0.3, 0.4) is 0 Å². The summed E-state index contributed by atoms with van der Waals surface area (Å²) in [5.74, 6) is 0.0132. The van der Waals surface area contributed by atoms with Gasteiger partial charge in [0.2, 0.25) is 0 Å². The van der Waals surface area contributed by atoms with E-state index in [2.05, 4.69) is 0 Å². The molecule has 1 unspecified atom stereocenters. The Morgan fingerprint density at radius 2 is 2.29 bits per heavy atom. The molecule has 1 atom stereocenters. The van der Waals surface area contributed by atoms with Gasteiger partial charge in [0.25, 0.3) is 0 Å². The summed E-state index contributed by atoms with van der Waals surface area (Å²) in [5, 5.41) is 0. The Labute approximate surface area is 101 Å². The molecule has 0 aliphatic carbocycles. The molecule has 0 saturated carbocycles. The van der Waals surface area contributed by atoms with Gasteiger partial charge in [0, 0.05) is 17.8 Å². The molecule has 1 rings (SSSR count). The highest BCUT2D eigenvalue weighted by Gasteiger charge is 2.17. The number of hydrogen-bond donors (Lipinski definition) is 0. The molecule has 0 spiro atoms. The van der Waals surface area contributed by atoms with Crippen molar-refractivity contribution in [3.05, 3.63) is 35.7 Å². The molecule has 17 heavy (non-hydrogen) atoms. The van der Waals surface area contributed by atoms with Crippen LogP contribution in [-0.4, -0.2) is 24.1 Å². The molecule has 0 aliphatic rings. The average molecular weight is 235 g/mol. The van der Waals surface area contributed by atoms with Crippen LogP contribution in [0.2, 0.25) is 0 Å². The van der Waals surface area contributed by atoms with Crippen LogP contribution in [0.25, 0.3) is 0 Å². The van der Waals surface area contributed by atoms with Gasteiger partial charge in [-0.3, -0.25) is 9.36 Å². The Bertz CT molecular complexity index is 432. The van der Waals surface area contributed by atoms with E-state index in [4.69, 9.17) is 4.74 Å². The molecule has 0 aromatic carbocycles. The van der Waals surface area contributed by atoms with E-state index in [0.717, 1.165) is 24.0 Å². The first-order valence-corrected chi connectivity index (χ1v) is 5.55. The van der Waals surface area contributed by atoms with Crippen LogP contribution in [0.1, 0.15) is 31.9 Å². The van der Waals surface area contributed by atoms with Crippen LogP contribution < -0.4 is 0 Å². The molecule has 4 nitrogen and oxygen atoms in total. The summed E-state index contributed by atoms with van der Waals surface area (Å²) in [7, 11) is 1.35. The summed E-state index contributed by atoms with van der Waals surface area (Å²) in [6.45, 7) is 3.95. The van der Waals surface area contributed by atoms with Gasteiger partial charge in [0.15, 0.2) is 0 Å². The van der Waals surface area contributed by atoms with Crippen LogP contribution >= 0.6 is 0 Å². The molecular formula is C13H17NO3. The monoisotopic (exact) mass is 235 g/mol. The number of methoxy groups -OCH3 is 1. The number of hydrogen-bond acceptors (Lipinski definition) is 3. The molecule has 4 heteroatoms. The fourth-order valence-corrected chi connectivity index (χ4v) is 1.86. The van der Waals surface area contributed by atoms with Crippen LogP contribution in [0, 0.1) is 0 Å². The average Bonchev–Trinajstić information content (AvgIpc) is 2.83. The van der Waals surface area contributed by atoms with Gasteiger partial charge in [-0.15, -0.1) is 0 Å². The van der Waals surface area contributed by atoms with E-state index < -0.39 is 6.09 Å². The molecule has 1 heterocycles. The number of nitrogens with zero attached hydrogens (tertiary/aromatic N) is 1. The summed E-state index contributed by atoms with van der Waals surface area (Å²) in [6.07, 6.45) is 4.34. The Morgan fingerprint density at radius 1 is 1.59 bits per heavy atom. The van der Waals surface area contributed by atoms with Crippen LogP contribution in [0.15, 0.2) is 30.0 Å². The van der Waals surface area contributed by atoms with Gasteiger partial charge < -0.3 is 4.74 Å². The third-order valence-corrected chi connectivity index (χ3v) is 2.84. The van der Waals surface area contributed by atoms with Gasteiger partial charge in [-0.2, -0.15) is 0 Å². The maximum atomic E-state index is 11.5. The zero-order valence-electron chi connectivity index (χ0n) is 10.3. The molecule has 0 saturated heterocycles. The predicted molar refractivity (Wildman–Crippen MR) is 65.1 cm³/mol. The van der Waals surface area contributed by atoms with E-state index >= 15 is 0 Å². The summed E-state index contributed by atoms with van der Waals surface area (Å²) < 4.78 is 6.15. The number of aromatic nitrogens is 1. The predicted octanol–water partition coefficient (Wildman–Crippen LogP) is 2.74. The zero-order valence-corrected chi connectivity index (χ0v) is 10.3. The minimum atomic E-state index is -0.418. The Kier molecular flexibility index (Phi) is 4.69. The van der Waals surface area contributed by atoms with Gasteiger partial charge in [0.1, 0.15) is 6.29 Å². The highest BCUT2D eigenvalue weighted by molar-refractivity contribution is 5.72. The van der Waals surface area contributed by atoms with Crippen molar-refractivity contribution in [1.29, 1.82) is 0 Å². The van der Waals surface area contributed by atoms with Crippen molar-refractivity contribution in [2.75, 3.05) is 7.11 Å². The molecule has 0 amide bonds. The van der Waals surface area contributed by atoms with Crippen molar-refractivity contribution in [3.8, 4) is 0 Å². The fourth-order valence-electron chi connectivity index (χ4n) is 1.86. The summed E-state index contributed by atoms with van der Waals surface area (Å²) in [5.41, 5.74) is 1.82. The first kappa shape index (κ1) is 13.2. The lowest BCUT2D eigenvalue weighted by molar-refractivity contribution is -0.104.